The van der Waals surface area contributed by atoms with Gasteiger partial charge in [0, 0.05) is 74.9 Å². The Labute approximate surface area is 459 Å². The molecule has 0 radical (unpaired) electrons. The van der Waals surface area contributed by atoms with Crippen molar-refractivity contribution in [1.82, 2.24) is 29.7 Å². The second-order valence-electron chi connectivity index (χ2n) is 21.0. The molecule has 15 nitrogen and oxygen atoms in total. The van der Waals surface area contributed by atoms with E-state index in [9.17, 15) is 4.79 Å². The normalized spacial score (nSPS) is 20.6. The molecule has 19 heteroatoms. The van der Waals surface area contributed by atoms with Gasteiger partial charge in [0.1, 0.15) is 53.2 Å². The fourth-order valence-corrected chi connectivity index (χ4v) is 11.7. The summed E-state index contributed by atoms with van der Waals surface area (Å²) in [5, 5.41) is 1.42. The van der Waals surface area contributed by atoms with Crippen LogP contribution in [0.4, 0.5) is 4.39 Å². The maximum Gasteiger partial charge on any atom is 0.348 e. The number of piperazine rings is 1. The molecule has 6 heterocycles. The van der Waals surface area contributed by atoms with E-state index in [-0.39, 0.29) is 45.0 Å². The third-order valence-electron chi connectivity index (χ3n) is 14.1. The first-order chi connectivity index (χ1) is 36.6. The largest absolute Gasteiger partial charge is 0.490 e. The van der Waals surface area contributed by atoms with Gasteiger partial charge in [0.2, 0.25) is 12.0 Å². The van der Waals surface area contributed by atoms with Crippen molar-refractivity contribution in [1.29, 1.82) is 0 Å². The van der Waals surface area contributed by atoms with Crippen molar-refractivity contribution in [2.24, 2.45) is 0 Å². The molecule has 76 heavy (non-hydrogen) atoms. The second-order valence-corrected chi connectivity index (χ2v) is 22.8. The summed E-state index contributed by atoms with van der Waals surface area (Å²) in [6.45, 7) is 15.4. The number of alkyl halides is 1. The van der Waals surface area contributed by atoms with Crippen LogP contribution < -0.4 is 18.9 Å². The number of carbonyl (C=O) groups excluding carboxylic acids is 1. The molecule has 0 unspecified atom stereocenters. The minimum Gasteiger partial charge on any atom is -0.490 e. The van der Waals surface area contributed by atoms with Gasteiger partial charge in [0.25, 0.3) is 0 Å². The summed E-state index contributed by atoms with van der Waals surface area (Å²) in [6.07, 6.45) is 9.33. The molecule has 10 rings (SSSR count). The summed E-state index contributed by atoms with van der Waals surface area (Å²) in [4.78, 5) is 40.0. The Morgan fingerprint density at radius 3 is 2.43 bits per heavy atom. The van der Waals surface area contributed by atoms with Crippen LogP contribution in [0.1, 0.15) is 92.4 Å². The fourth-order valence-electron chi connectivity index (χ4n) is 9.98. The van der Waals surface area contributed by atoms with Crippen molar-refractivity contribution in [2.45, 2.75) is 110 Å². The highest BCUT2D eigenvalue weighted by atomic mass is 35.5. The van der Waals surface area contributed by atoms with E-state index < -0.39 is 29.4 Å². The third kappa shape index (κ3) is 13.5. The van der Waals surface area contributed by atoms with Crippen molar-refractivity contribution >= 4 is 61.9 Å². The zero-order valence-corrected chi connectivity index (χ0v) is 46.9. The average Bonchev–Trinajstić information content (AvgIpc) is 4.16. The van der Waals surface area contributed by atoms with Gasteiger partial charge >= 0.3 is 5.97 Å². The lowest BCUT2D eigenvalue weighted by molar-refractivity contribution is -0.163. The number of benzene rings is 2. The van der Waals surface area contributed by atoms with Crippen LogP contribution in [-0.4, -0.2) is 146 Å². The number of likely N-dealkylation sites (N-methyl/N-ethyl adjacent to an activating group) is 1. The molecule has 3 aliphatic heterocycles. The number of ether oxygens (including phenoxy) is 8. The van der Waals surface area contributed by atoms with E-state index in [0.29, 0.717) is 94.0 Å². The van der Waals surface area contributed by atoms with Crippen molar-refractivity contribution in [3.05, 3.63) is 92.1 Å². The Balaban J connectivity index is 1.07. The summed E-state index contributed by atoms with van der Waals surface area (Å²) in [5.74, 6) is 1.50. The Bertz CT molecular complexity index is 2910. The van der Waals surface area contributed by atoms with Crippen LogP contribution in [0.3, 0.4) is 0 Å². The number of allylic oxidation sites excluding steroid dienone is 4. The number of methoxy groups -OCH3 is 1. The van der Waals surface area contributed by atoms with Gasteiger partial charge in [-0.15, -0.1) is 11.3 Å². The van der Waals surface area contributed by atoms with E-state index in [4.69, 9.17) is 76.0 Å². The Kier molecular flexibility index (Phi) is 18.2. The SMILES string of the molecule is COCCOCCOC[C@@]1(F)CC=C(c2nccc(COc3ccc4cc3C[C@H](C(=O)OC(C)(C)C)Oc3ncnc5sc(C6=CCCC6)c(c35)-c3c(C)c(Cl)c(c(Cl)c3C)O[C@H](CN3CCN(C)CC3)CO4)n2)CC1. The van der Waals surface area contributed by atoms with Gasteiger partial charge in [-0.25, -0.2) is 29.1 Å². The van der Waals surface area contributed by atoms with Crippen LogP contribution in [0.2, 0.25) is 10.0 Å². The molecule has 0 spiro atoms. The van der Waals surface area contributed by atoms with Crippen LogP contribution in [0.5, 0.6) is 23.1 Å². The molecule has 3 aromatic heterocycles. The second kappa shape index (κ2) is 24.8. The lowest BCUT2D eigenvalue weighted by atomic mass is 9.87. The molecule has 3 atom stereocenters. The molecule has 1 fully saturated rings. The zero-order valence-electron chi connectivity index (χ0n) is 44.6. The third-order valence-corrected chi connectivity index (χ3v) is 16.2. The predicted octanol–water partition coefficient (Wildman–Crippen LogP) is 10.9. The molecule has 1 saturated heterocycles. The predicted molar refractivity (Wildman–Crippen MR) is 294 cm³/mol. The van der Waals surface area contributed by atoms with Crippen molar-refractivity contribution in [2.75, 3.05) is 86.5 Å². The van der Waals surface area contributed by atoms with E-state index in [1.807, 2.05) is 58.9 Å². The number of esters is 1. The number of nitrogens with zero attached hydrogens (tertiary/aromatic N) is 6. The highest BCUT2D eigenvalue weighted by molar-refractivity contribution is 7.20. The molecule has 0 N–H and O–H groups in total. The van der Waals surface area contributed by atoms with Gasteiger partial charge in [-0.05, 0) is 126 Å². The Morgan fingerprint density at radius 2 is 1.71 bits per heavy atom. The number of hydrogen-bond acceptors (Lipinski definition) is 16. The Morgan fingerprint density at radius 1 is 0.934 bits per heavy atom. The molecular formula is C57H69Cl2FN6O9S. The van der Waals surface area contributed by atoms with E-state index >= 15 is 4.39 Å². The molecule has 0 amide bonds. The van der Waals surface area contributed by atoms with Gasteiger partial charge in [0.15, 0.2) is 11.6 Å². The molecule has 408 valence electrons. The highest BCUT2D eigenvalue weighted by Crippen LogP contribution is 2.53. The van der Waals surface area contributed by atoms with Gasteiger partial charge in [-0.2, -0.15) is 0 Å². The first-order valence-electron chi connectivity index (χ1n) is 26.2. The van der Waals surface area contributed by atoms with E-state index in [1.165, 1.54) is 11.9 Å². The lowest BCUT2D eigenvalue weighted by Gasteiger charge is -2.35. The van der Waals surface area contributed by atoms with Crippen LogP contribution in [-0.2, 0) is 36.8 Å². The molecular weight excluding hydrogens is 1030 g/mol. The molecule has 5 aromatic rings. The summed E-state index contributed by atoms with van der Waals surface area (Å²) in [6, 6.07) is 7.30. The van der Waals surface area contributed by atoms with Gasteiger partial charge in [0.05, 0.1) is 54.2 Å². The summed E-state index contributed by atoms with van der Waals surface area (Å²) >= 11 is 16.4. The minimum absolute atomic E-state index is 0.00705. The maximum atomic E-state index is 15.8. The van der Waals surface area contributed by atoms with E-state index in [1.54, 1.807) is 30.7 Å². The zero-order chi connectivity index (χ0) is 53.6. The quantitative estimate of drug-likeness (QED) is 0.0681. The number of aromatic nitrogens is 4. The van der Waals surface area contributed by atoms with Crippen LogP contribution in [0.15, 0.2) is 48.9 Å². The van der Waals surface area contributed by atoms with Crippen LogP contribution in [0.25, 0.3) is 32.5 Å². The number of hydrogen-bond donors (Lipinski definition) is 0. The number of thiophene rings is 1. The number of rotatable bonds is 16. The number of fused-ring (bicyclic) bond motifs is 7. The molecule has 0 saturated carbocycles. The van der Waals surface area contributed by atoms with Gasteiger partial charge in [-0.1, -0.05) is 35.4 Å². The highest BCUT2D eigenvalue weighted by Gasteiger charge is 2.36. The average molecular weight is 1100 g/mol. The van der Waals surface area contributed by atoms with E-state index in [2.05, 4.69) is 27.9 Å². The maximum absolute atomic E-state index is 15.8. The summed E-state index contributed by atoms with van der Waals surface area (Å²) < 4.78 is 65.1. The topological polar surface area (TPSA) is 149 Å². The molecule has 2 aliphatic carbocycles. The summed E-state index contributed by atoms with van der Waals surface area (Å²) in [5.41, 5.74) is 4.14. The monoisotopic (exact) mass is 1100 g/mol. The smallest absolute Gasteiger partial charge is 0.348 e. The molecule has 4 bridgehead atoms. The fraction of sp³-hybridized carbons (Fsp3) is 0.526. The minimum atomic E-state index is -1.50. The first kappa shape index (κ1) is 55.8. The van der Waals surface area contributed by atoms with Crippen molar-refractivity contribution in [3.63, 3.8) is 0 Å². The van der Waals surface area contributed by atoms with Crippen LogP contribution in [0, 0.1) is 13.8 Å². The van der Waals surface area contributed by atoms with Gasteiger partial charge < -0.3 is 42.8 Å². The van der Waals surface area contributed by atoms with E-state index in [0.717, 1.165) is 78.1 Å². The number of carbonyl (C=O) groups is 1. The summed E-state index contributed by atoms with van der Waals surface area (Å²) in [7, 11) is 3.74. The van der Waals surface area contributed by atoms with Crippen molar-refractivity contribution < 1.29 is 47.1 Å². The lowest BCUT2D eigenvalue weighted by Crippen LogP contribution is -2.49. The molecule has 5 aliphatic rings. The van der Waals surface area contributed by atoms with Gasteiger partial charge in [-0.3, -0.25) is 4.90 Å². The van der Waals surface area contributed by atoms with Crippen LogP contribution >= 0.6 is 34.5 Å². The first-order valence-corrected chi connectivity index (χ1v) is 27.8. The standard InChI is InChI=1S/C57H69Cl2FN6O9S/c1-35-45-36(2)49(59)50(48(35)58)73-42(30-66-22-20-65(6)21-23-66)32-71-41-12-13-43(72-31-40-16-19-61-52(64-40)38-14-17-57(60,18-15-38)33-70-27-26-69-25-24-68-7)39(28-41)29-44(55(67)75-56(3,4)5)74-53-47-46(45)51(37-10-8-9-11-37)76-54(47)63-34-62-53/h10,12-14,16,19,28,34,42,44H,8-9,11,15,17-18,20-27,29-33H2,1-7H3/t42-,44-,57-/m1/s1. The van der Waals surface area contributed by atoms with Crippen molar-refractivity contribution in [3.8, 4) is 34.3 Å². The Hall–Kier alpha value is -4.98. The number of halogens is 3. The molecule has 2 aromatic carbocycles.